The third-order valence-corrected chi connectivity index (χ3v) is 10.2. The molecule has 9 heteroatoms. The molecule has 3 aliphatic rings. The molecule has 0 N–H and O–H groups in total. The Morgan fingerprint density at radius 2 is 1.84 bits per heavy atom. The molecule has 1 heterocycles. The van der Waals surface area contributed by atoms with E-state index in [1.165, 1.54) is 35.4 Å². The Hall–Kier alpha value is -2.55. The quantitative estimate of drug-likeness (QED) is 0.330. The number of halogens is 3. The molecule has 0 bridgehead atoms. The third-order valence-electron chi connectivity index (χ3n) is 8.04. The van der Waals surface area contributed by atoms with Crippen molar-refractivity contribution >= 4 is 21.6 Å². The van der Waals surface area contributed by atoms with Crippen molar-refractivity contribution in [3.63, 3.8) is 0 Å². The molecule has 3 aliphatic carbocycles. The lowest BCUT2D eigenvalue weighted by molar-refractivity contribution is 0.347. The van der Waals surface area contributed by atoms with Gasteiger partial charge in [0.15, 0.2) is 0 Å². The Balaban J connectivity index is 1.29. The van der Waals surface area contributed by atoms with Crippen LogP contribution in [0.25, 0.3) is 5.69 Å². The van der Waals surface area contributed by atoms with E-state index in [0.29, 0.717) is 19.0 Å². The number of allylic oxidation sites excluding steroid dienone is 1. The Kier molecular flexibility index (Phi) is 6.24. The van der Waals surface area contributed by atoms with Crippen LogP contribution in [0.1, 0.15) is 49.8 Å². The summed E-state index contributed by atoms with van der Waals surface area (Å²) < 4.78 is 58.0. The van der Waals surface area contributed by atoms with Crippen LogP contribution in [0.2, 0.25) is 5.02 Å². The zero-order valence-corrected chi connectivity index (χ0v) is 22.1. The molecule has 6 rings (SSSR count). The first-order valence-corrected chi connectivity index (χ1v) is 14.5. The van der Waals surface area contributed by atoms with Crippen molar-refractivity contribution < 1.29 is 17.2 Å². The van der Waals surface area contributed by atoms with E-state index in [1.807, 2.05) is 10.9 Å². The molecule has 0 aliphatic heterocycles. The largest absolute Gasteiger partial charge is 0.243 e. The third kappa shape index (κ3) is 4.53. The Labute approximate surface area is 220 Å². The minimum Gasteiger partial charge on any atom is -0.237 e. The Morgan fingerprint density at radius 1 is 1.08 bits per heavy atom. The minimum atomic E-state index is -3.82. The molecule has 0 amide bonds. The summed E-state index contributed by atoms with van der Waals surface area (Å²) in [6.07, 6.45) is 6.50. The fraction of sp³-hybridized carbons (Fsp3) is 0.393. The van der Waals surface area contributed by atoms with E-state index < -0.39 is 15.8 Å². The zero-order chi connectivity index (χ0) is 25.9. The lowest BCUT2D eigenvalue weighted by atomic mass is 9.80. The van der Waals surface area contributed by atoms with Crippen LogP contribution in [0.4, 0.5) is 8.78 Å². The van der Waals surface area contributed by atoms with Gasteiger partial charge in [-0.3, -0.25) is 0 Å². The number of fused-ring (bicyclic) bond motifs is 1. The molecule has 2 aromatic carbocycles. The summed E-state index contributed by atoms with van der Waals surface area (Å²) >= 11 is 5.93. The van der Waals surface area contributed by atoms with Crippen molar-refractivity contribution in [1.82, 2.24) is 14.1 Å². The van der Waals surface area contributed by atoms with E-state index in [-0.39, 0.29) is 27.6 Å². The predicted molar refractivity (Wildman–Crippen MR) is 138 cm³/mol. The number of nitrogens with zero attached hydrogens (tertiary/aromatic N) is 3. The highest BCUT2D eigenvalue weighted by Crippen LogP contribution is 2.48. The Bertz CT molecular complexity index is 1500. The molecule has 194 valence electrons. The summed E-state index contributed by atoms with van der Waals surface area (Å²) in [6.45, 7) is 3.04. The van der Waals surface area contributed by atoms with Crippen LogP contribution in [0.3, 0.4) is 0 Å². The maximum absolute atomic E-state index is 13.7. The van der Waals surface area contributed by atoms with Crippen LogP contribution in [0, 0.1) is 23.5 Å². The second-order valence-corrected chi connectivity index (χ2v) is 12.8. The Morgan fingerprint density at radius 3 is 2.54 bits per heavy atom. The summed E-state index contributed by atoms with van der Waals surface area (Å²) in [7, 11) is -3.82. The van der Waals surface area contributed by atoms with Gasteiger partial charge in [0.1, 0.15) is 11.6 Å². The highest BCUT2D eigenvalue weighted by molar-refractivity contribution is 7.89. The molecule has 3 aromatic rings. The van der Waals surface area contributed by atoms with Crippen molar-refractivity contribution in [3.8, 4) is 5.69 Å². The lowest BCUT2D eigenvalue weighted by Crippen LogP contribution is -2.37. The van der Waals surface area contributed by atoms with Gasteiger partial charge in [0, 0.05) is 31.0 Å². The summed E-state index contributed by atoms with van der Waals surface area (Å²) in [6, 6.07) is 9.97. The number of aromatic nitrogens is 2. The maximum Gasteiger partial charge on any atom is 0.243 e. The lowest BCUT2D eigenvalue weighted by Gasteiger charge is -2.31. The molecule has 0 radical (unpaired) electrons. The van der Waals surface area contributed by atoms with E-state index in [1.54, 1.807) is 16.4 Å². The fourth-order valence-corrected chi connectivity index (χ4v) is 7.80. The van der Waals surface area contributed by atoms with Crippen molar-refractivity contribution in [2.75, 3.05) is 13.1 Å². The van der Waals surface area contributed by atoms with Crippen LogP contribution < -0.4 is 0 Å². The van der Waals surface area contributed by atoms with Gasteiger partial charge < -0.3 is 0 Å². The SMILES string of the molecule is C[C@@H]1C2=C(CC[C@@H]2CN(CC2CC2)S(=O)(=O)c2ccc(F)c(Cl)c2)Cc2c1cnn2-c1ccc(F)cc1. The van der Waals surface area contributed by atoms with Gasteiger partial charge in [0.2, 0.25) is 10.0 Å². The summed E-state index contributed by atoms with van der Waals surface area (Å²) in [5.41, 5.74) is 5.74. The highest BCUT2D eigenvalue weighted by Gasteiger charge is 2.40. The molecule has 37 heavy (non-hydrogen) atoms. The first-order valence-electron chi connectivity index (χ1n) is 12.7. The van der Waals surface area contributed by atoms with Gasteiger partial charge in [-0.2, -0.15) is 9.40 Å². The molecule has 1 fully saturated rings. The van der Waals surface area contributed by atoms with Crippen LogP contribution in [-0.2, 0) is 16.4 Å². The second kappa shape index (κ2) is 9.33. The van der Waals surface area contributed by atoms with Gasteiger partial charge >= 0.3 is 0 Å². The van der Waals surface area contributed by atoms with Gasteiger partial charge in [-0.25, -0.2) is 21.9 Å². The minimum absolute atomic E-state index is 0.0336. The first-order chi connectivity index (χ1) is 17.7. The number of benzene rings is 2. The summed E-state index contributed by atoms with van der Waals surface area (Å²) in [5.74, 6) is -0.323. The normalized spacial score (nSPS) is 21.4. The zero-order valence-electron chi connectivity index (χ0n) is 20.5. The molecule has 0 spiro atoms. The number of rotatable bonds is 7. The van der Waals surface area contributed by atoms with Gasteiger partial charge in [0.25, 0.3) is 0 Å². The topological polar surface area (TPSA) is 55.2 Å². The molecular weight excluding hydrogens is 516 g/mol. The second-order valence-electron chi connectivity index (χ2n) is 10.5. The van der Waals surface area contributed by atoms with Crippen molar-refractivity contribution in [2.45, 2.75) is 49.8 Å². The van der Waals surface area contributed by atoms with E-state index in [0.717, 1.165) is 55.1 Å². The fourth-order valence-electron chi connectivity index (χ4n) is 5.97. The van der Waals surface area contributed by atoms with Gasteiger partial charge in [0.05, 0.1) is 27.5 Å². The van der Waals surface area contributed by atoms with Gasteiger partial charge in [-0.05, 0) is 80.0 Å². The van der Waals surface area contributed by atoms with E-state index >= 15 is 0 Å². The number of hydrogen-bond donors (Lipinski definition) is 0. The molecule has 0 unspecified atom stereocenters. The molecule has 2 atom stereocenters. The maximum atomic E-state index is 13.7. The monoisotopic (exact) mass is 543 g/mol. The summed E-state index contributed by atoms with van der Waals surface area (Å²) in [5, 5.41) is 4.43. The average molecular weight is 544 g/mol. The first kappa shape index (κ1) is 24.8. The number of sulfonamides is 1. The van der Waals surface area contributed by atoms with Gasteiger partial charge in [-0.15, -0.1) is 0 Å². The molecule has 1 saturated carbocycles. The predicted octanol–water partition coefficient (Wildman–Crippen LogP) is 6.27. The van der Waals surface area contributed by atoms with Crippen LogP contribution in [-0.4, -0.2) is 35.6 Å². The molecular formula is C28H28ClF2N3O2S. The molecule has 0 saturated heterocycles. The van der Waals surface area contributed by atoms with E-state index in [9.17, 15) is 17.2 Å². The molecule has 5 nitrogen and oxygen atoms in total. The highest BCUT2D eigenvalue weighted by atomic mass is 35.5. The number of hydrogen-bond acceptors (Lipinski definition) is 3. The van der Waals surface area contributed by atoms with E-state index in [2.05, 4.69) is 12.0 Å². The van der Waals surface area contributed by atoms with Crippen molar-refractivity contribution in [3.05, 3.63) is 87.7 Å². The van der Waals surface area contributed by atoms with Gasteiger partial charge in [-0.1, -0.05) is 29.7 Å². The van der Waals surface area contributed by atoms with Crippen molar-refractivity contribution in [2.24, 2.45) is 11.8 Å². The standard InChI is InChI=1S/C28H28ClF2N3O2S/c1-17-24-14-32-34(22-8-6-21(30)7-9-22)27(24)12-19-4-5-20(28(17)19)16-33(15-18-2-3-18)37(35,36)23-10-11-26(31)25(29)13-23/h6-11,13-14,17-18,20H,2-5,12,15-16H2,1H3/t17-,20+/m0/s1. The molecule has 1 aromatic heterocycles. The van der Waals surface area contributed by atoms with E-state index in [4.69, 9.17) is 11.6 Å². The average Bonchev–Trinajstić information content (AvgIpc) is 3.44. The van der Waals surface area contributed by atoms with Crippen LogP contribution in [0.5, 0.6) is 0 Å². The van der Waals surface area contributed by atoms with Crippen LogP contribution >= 0.6 is 11.6 Å². The summed E-state index contributed by atoms with van der Waals surface area (Å²) in [4.78, 5) is 0.0336. The smallest absolute Gasteiger partial charge is 0.237 e. The van der Waals surface area contributed by atoms with Crippen molar-refractivity contribution in [1.29, 1.82) is 0 Å². The van der Waals surface area contributed by atoms with Crippen LogP contribution in [0.15, 0.2) is 64.7 Å².